The average molecular weight is 285 g/mol. The second-order valence-corrected chi connectivity index (χ2v) is 5.65. The van der Waals surface area contributed by atoms with Crippen molar-refractivity contribution in [2.24, 2.45) is 0 Å². The molecule has 1 aliphatic carbocycles. The van der Waals surface area contributed by atoms with Crippen molar-refractivity contribution in [3.8, 4) is 11.5 Å². The molecule has 0 unspecified atom stereocenters. The average Bonchev–Trinajstić information content (AvgIpc) is 3.24. The number of anilines is 1. The molecule has 1 fully saturated rings. The monoisotopic (exact) mass is 285 g/mol. The molecule has 21 heavy (non-hydrogen) atoms. The van der Waals surface area contributed by atoms with E-state index < -0.39 is 0 Å². The van der Waals surface area contributed by atoms with Gasteiger partial charge in [-0.3, -0.25) is 4.68 Å². The summed E-state index contributed by atoms with van der Waals surface area (Å²) in [5.74, 6) is 1.61. The standard InChI is InChI=1S/C16H19N3O2/c1-2-4-14(3-1)19-8-7-13(18-19)10-17-12-5-6-15-16(9-12)21-11-20-15/h5-9,14,17H,1-4,10-11H2. The molecule has 1 saturated carbocycles. The van der Waals surface area contributed by atoms with Crippen LogP contribution >= 0.6 is 0 Å². The Hall–Kier alpha value is -2.17. The van der Waals surface area contributed by atoms with Crippen molar-refractivity contribution in [2.45, 2.75) is 38.3 Å². The second-order valence-electron chi connectivity index (χ2n) is 5.65. The van der Waals surface area contributed by atoms with Crippen LogP contribution in [0.15, 0.2) is 30.5 Å². The third-order valence-electron chi connectivity index (χ3n) is 4.21. The van der Waals surface area contributed by atoms with Crippen molar-refractivity contribution in [1.82, 2.24) is 9.78 Å². The molecule has 1 aromatic heterocycles. The molecule has 0 radical (unpaired) electrons. The van der Waals surface area contributed by atoms with Crippen LogP contribution in [0, 0.1) is 0 Å². The molecule has 2 aromatic rings. The van der Waals surface area contributed by atoms with Gasteiger partial charge < -0.3 is 14.8 Å². The minimum Gasteiger partial charge on any atom is -0.454 e. The van der Waals surface area contributed by atoms with Gasteiger partial charge in [-0.15, -0.1) is 0 Å². The highest BCUT2D eigenvalue weighted by Gasteiger charge is 2.17. The zero-order valence-electron chi connectivity index (χ0n) is 11.9. The largest absolute Gasteiger partial charge is 0.454 e. The Kier molecular flexibility index (Phi) is 3.18. The Morgan fingerprint density at radius 2 is 2.00 bits per heavy atom. The summed E-state index contributed by atoms with van der Waals surface area (Å²) in [7, 11) is 0. The molecule has 4 rings (SSSR count). The van der Waals surface area contributed by atoms with Crippen LogP contribution in [0.5, 0.6) is 11.5 Å². The van der Waals surface area contributed by atoms with Crippen LogP contribution in [0.3, 0.4) is 0 Å². The van der Waals surface area contributed by atoms with Crippen molar-refractivity contribution in [3.63, 3.8) is 0 Å². The van der Waals surface area contributed by atoms with Gasteiger partial charge in [0.05, 0.1) is 18.3 Å². The number of rotatable bonds is 4. The summed E-state index contributed by atoms with van der Waals surface area (Å²) in [6.45, 7) is 1.03. The van der Waals surface area contributed by atoms with Gasteiger partial charge in [-0.05, 0) is 31.0 Å². The number of ether oxygens (including phenoxy) is 2. The van der Waals surface area contributed by atoms with Gasteiger partial charge in [0.25, 0.3) is 0 Å². The van der Waals surface area contributed by atoms with Crippen LogP contribution in [0.2, 0.25) is 0 Å². The maximum absolute atomic E-state index is 5.38. The van der Waals surface area contributed by atoms with E-state index in [1.54, 1.807) is 0 Å². The zero-order valence-corrected chi connectivity index (χ0v) is 11.9. The number of hydrogen-bond donors (Lipinski definition) is 1. The van der Waals surface area contributed by atoms with Crippen LogP contribution < -0.4 is 14.8 Å². The minimum absolute atomic E-state index is 0.310. The van der Waals surface area contributed by atoms with E-state index in [9.17, 15) is 0 Å². The number of nitrogens with zero attached hydrogens (tertiary/aromatic N) is 2. The van der Waals surface area contributed by atoms with Crippen LogP contribution in [-0.2, 0) is 6.54 Å². The van der Waals surface area contributed by atoms with Gasteiger partial charge >= 0.3 is 0 Å². The molecule has 0 bridgehead atoms. The quantitative estimate of drug-likeness (QED) is 0.936. The summed E-state index contributed by atoms with van der Waals surface area (Å²) in [5, 5.41) is 8.06. The summed E-state index contributed by atoms with van der Waals surface area (Å²) >= 11 is 0. The summed E-state index contributed by atoms with van der Waals surface area (Å²) in [6, 6.07) is 8.60. The first kappa shape index (κ1) is 12.6. The second kappa shape index (κ2) is 5.31. The molecular formula is C16H19N3O2. The van der Waals surface area contributed by atoms with Crippen molar-refractivity contribution in [1.29, 1.82) is 0 Å². The highest BCUT2D eigenvalue weighted by Crippen LogP contribution is 2.34. The molecule has 0 amide bonds. The topological polar surface area (TPSA) is 48.3 Å². The first-order valence-electron chi connectivity index (χ1n) is 7.56. The predicted molar refractivity (Wildman–Crippen MR) is 79.6 cm³/mol. The fraction of sp³-hybridized carbons (Fsp3) is 0.438. The summed E-state index contributed by atoms with van der Waals surface area (Å²) in [4.78, 5) is 0. The molecule has 5 heteroatoms. The molecule has 0 saturated heterocycles. The molecule has 2 aliphatic rings. The summed E-state index contributed by atoms with van der Waals surface area (Å²) in [5.41, 5.74) is 2.09. The zero-order chi connectivity index (χ0) is 14.1. The van der Waals surface area contributed by atoms with E-state index in [-0.39, 0.29) is 0 Å². The van der Waals surface area contributed by atoms with Crippen molar-refractivity contribution in [2.75, 3.05) is 12.1 Å². The van der Waals surface area contributed by atoms with Gasteiger partial charge in [0.2, 0.25) is 6.79 Å². The first-order valence-corrected chi connectivity index (χ1v) is 7.56. The smallest absolute Gasteiger partial charge is 0.231 e. The van der Waals surface area contributed by atoms with Crippen LogP contribution in [0.1, 0.15) is 37.4 Å². The lowest BCUT2D eigenvalue weighted by Crippen LogP contribution is -2.07. The highest BCUT2D eigenvalue weighted by atomic mass is 16.7. The molecule has 5 nitrogen and oxygen atoms in total. The molecule has 0 atom stereocenters. The van der Waals surface area contributed by atoms with Gasteiger partial charge in [-0.1, -0.05) is 12.8 Å². The molecular weight excluding hydrogens is 266 g/mol. The van der Waals surface area contributed by atoms with Gasteiger partial charge in [-0.25, -0.2) is 0 Å². The molecule has 2 heterocycles. The van der Waals surface area contributed by atoms with Gasteiger partial charge in [0, 0.05) is 18.0 Å². The lowest BCUT2D eigenvalue weighted by molar-refractivity contribution is 0.174. The number of benzene rings is 1. The Labute approximate surface area is 123 Å². The number of fused-ring (bicyclic) bond motifs is 1. The fourth-order valence-electron chi connectivity index (χ4n) is 3.04. The molecule has 1 aliphatic heterocycles. The molecule has 1 N–H and O–H groups in total. The van der Waals surface area contributed by atoms with Gasteiger partial charge in [-0.2, -0.15) is 5.10 Å². The van der Waals surface area contributed by atoms with Crippen molar-refractivity contribution < 1.29 is 9.47 Å². The summed E-state index contributed by atoms with van der Waals surface area (Å²) < 4.78 is 12.8. The lowest BCUT2D eigenvalue weighted by Gasteiger charge is -2.09. The first-order chi connectivity index (χ1) is 10.4. The van der Waals surface area contributed by atoms with E-state index in [0.29, 0.717) is 12.8 Å². The lowest BCUT2D eigenvalue weighted by atomic mass is 10.2. The van der Waals surface area contributed by atoms with E-state index in [0.717, 1.165) is 29.4 Å². The third kappa shape index (κ3) is 2.55. The van der Waals surface area contributed by atoms with Gasteiger partial charge in [0.1, 0.15) is 0 Å². The van der Waals surface area contributed by atoms with E-state index in [4.69, 9.17) is 9.47 Å². The SMILES string of the molecule is c1cc2c(cc1NCc1ccn(C3CCCC3)n1)OCO2. The van der Waals surface area contributed by atoms with Crippen molar-refractivity contribution >= 4 is 5.69 Å². The normalized spacial score (nSPS) is 17.3. The number of hydrogen-bond acceptors (Lipinski definition) is 4. The molecule has 1 aromatic carbocycles. The summed E-state index contributed by atoms with van der Waals surface area (Å²) in [6.07, 6.45) is 7.28. The predicted octanol–water partition coefficient (Wildman–Crippen LogP) is 3.34. The number of nitrogens with one attached hydrogen (secondary N) is 1. The Bertz CT molecular complexity index is 632. The fourth-order valence-corrected chi connectivity index (χ4v) is 3.04. The maximum Gasteiger partial charge on any atom is 0.231 e. The van der Waals surface area contributed by atoms with E-state index in [1.807, 2.05) is 18.2 Å². The Morgan fingerprint density at radius 3 is 2.90 bits per heavy atom. The van der Waals surface area contributed by atoms with Gasteiger partial charge in [0.15, 0.2) is 11.5 Å². The van der Waals surface area contributed by atoms with E-state index in [1.165, 1.54) is 25.7 Å². The maximum atomic E-state index is 5.38. The van der Waals surface area contributed by atoms with Crippen LogP contribution in [-0.4, -0.2) is 16.6 Å². The van der Waals surface area contributed by atoms with Crippen LogP contribution in [0.25, 0.3) is 0 Å². The minimum atomic E-state index is 0.310. The van der Waals surface area contributed by atoms with Crippen molar-refractivity contribution in [3.05, 3.63) is 36.2 Å². The Morgan fingerprint density at radius 1 is 1.14 bits per heavy atom. The third-order valence-corrected chi connectivity index (χ3v) is 4.21. The molecule has 0 spiro atoms. The van der Waals surface area contributed by atoms with E-state index >= 15 is 0 Å². The number of aromatic nitrogens is 2. The van der Waals surface area contributed by atoms with Crippen LogP contribution in [0.4, 0.5) is 5.69 Å². The molecule has 110 valence electrons. The Balaban J connectivity index is 1.40. The highest BCUT2D eigenvalue weighted by molar-refractivity contribution is 5.55. The van der Waals surface area contributed by atoms with E-state index in [2.05, 4.69) is 27.4 Å².